The van der Waals surface area contributed by atoms with Gasteiger partial charge in [-0.15, -0.1) is 6.58 Å². The molecule has 0 fully saturated rings. The number of nitrogens with zero attached hydrogens (tertiary/aromatic N) is 1. The van der Waals surface area contributed by atoms with Crippen LogP contribution in [-0.4, -0.2) is 40.0 Å². The first kappa shape index (κ1) is 11.0. The molecule has 0 radical (unpaired) electrons. The van der Waals surface area contributed by atoms with Crippen LogP contribution in [0.5, 0.6) is 0 Å². The maximum atomic E-state index is 11.7. The molecule has 0 aliphatic carbocycles. The van der Waals surface area contributed by atoms with E-state index < -0.39 is 5.97 Å². The molecule has 5 heteroatoms. The zero-order valence-electron chi connectivity index (χ0n) is 8.14. The summed E-state index contributed by atoms with van der Waals surface area (Å²) in [6, 6.07) is 3.28. The topological polar surface area (TPSA) is 73.4 Å². The van der Waals surface area contributed by atoms with Crippen LogP contribution in [0, 0.1) is 0 Å². The molecule has 1 amide bonds. The van der Waals surface area contributed by atoms with Crippen LogP contribution in [0.4, 0.5) is 0 Å². The van der Waals surface area contributed by atoms with Crippen LogP contribution in [-0.2, 0) is 4.79 Å². The first-order valence-corrected chi connectivity index (χ1v) is 4.40. The van der Waals surface area contributed by atoms with Crippen LogP contribution < -0.4 is 0 Å². The normalized spacial score (nSPS) is 9.60. The monoisotopic (exact) mass is 208 g/mol. The quantitative estimate of drug-likeness (QED) is 0.700. The van der Waals surface area contributed by atoms with Gasteiger partial charge in [0.15, 0.2) is 0 Å². The van der Waals surface area contributed by atoms with E-state index in [1.54, 1.807) is 18.3 Å². The van der Waals surface area contributed by atoms with E-state index in [-0.39, 0.29) is 19.0 Å². The summed E-state index contributed by atoms with van der Waals surface area (Å²) >= 11 is 0. The van der Waals surface area contributed by atoms with Crippen molar-refractivity contribution >= 4 is 11.9 Å². The van der Waals surface area contributed by atoms with Crippen LogP contribution in [0.3, 0.4) is 0 Å². The van der Waals surface area contributed by atoms with Crippen LogP contribution in [0.15, 0.2) is 31.0 Å². The van der Waals surface area contributed by atoms with Gasteiger partial charge in [0.1, 0.15) is 12.2 Å². The van der Waals surface area contributed by atoms with Crippen molar-refractivity contribution in [3.05, 3.63) is 36.7 Å². The fraction of sp³-hybridized carbons (Fsp3) is 0.200. The number of H-pyrrole nitrogens is 1. The molecule has 0 unspecified atom stereocenters. The molecule has 0 spiro atoms. The highest BCUT2D eigenvalue weighted by Gasteiger charge is 2.17. The smallest absolute Gasteiger partial charge is 0.323 e. The van der Waals surface area contributed by atoms with E-state index in [0.29, 0.717) is 5.69 Å². The summed E-state index contributed by atoms with van der Waals surface area (Å²) in [6.07, 6.45) is 3.10. The highest BCUT2D eigenvalue weighted by molar-refractivity contribution is 5.94. The van der Waals surface area contributed by atoms with Gasteiger partial charge in [-0.3, -0.25) is 9.59 Å². The average molecular weight is 208 g/mol. The number of carbonyl (C=O) groups excluding carboxylic acids is 1. The maximum Gasteiger partial charge on any atom is 0.323 e. The van der Waals surface area contributed by atoms with E-state index in [0.717, 1.165) is 0 Å². The molecular weight excluding hydrogens is 196 g/mol. The average Bonchev–Trinajstić information content (AvgIpc) is 2.68. The molecule has 0 bridgehead atoms. The highest BCUT2D eigenvalue weighted by atomic mass is 16.4. The van der Waals surface area contributed by atoms with Crippen molar-refractivity contribution in [1.82, 2.24) is 9.88 Å². The van der Waals surface area contributed by atoms with Crippen molar-refractivity contribution in [2.75, 3.05) is 13.1 Å². The van der Waals surface area contributed by atoms with Gasteiger partial charge in [0, 0.05) is 12.7 Å². The molecule has 1 aromatic rings. The molecule has 0 aliphatic heterocycles. The minimum atomic E-state index is -1.04. The standard InChI is InChI=1S/C10H12N2O3/c1-2-6-12(7-9(13)14)10(15)8-4-3-5-11-8/h2-5,11H,1,6-7H2,(H,13,14). The number of carboxylic acids is 1. The number of carboxylic acid groups (broad SMARTS) is 1. The molecule has 1 heterocycles. The van der Waals surface area contributed by atoms with E-state index in [1.807, 2.05) is 0 Å². The van der Waals surface area contributed by atoms with Gasteiger partial charge < -0.3 is 15.0 Å². The van der Waals surface area contributed by atoms with E-state index in [2.05, 4.69) is 11.6 Å². The lowest BCUT2D eigenvalue weighted by atomic mass is 10.3. The van der Waals surface area contributed by atoms with Gasteiger partial charge >= 0.3 is 5.97 Å². The first-order chi connectivity index (χ1) is 7.15. The fourth-order valence-corrected chi connectivity index (χ4v) is 1.17. The molecule has 0 aromatic carbocycles. The number of aromatic nitrogens is 1. The van der Waals surface area contributed by atoms with Crippen molar-refractivity contribution in [1.29, 1.82) is 0 Å². The Morgan fingerprint density at radius 1 is 1.60 bits per heavy atom. The molecule has 1 aromatic heterocycles. The number of nitrogens with one attached hydrogen (secondary N) is 1. The second-order valence-corrected chi connectivity index (χ2v) is 2.95. The summed E-state index contributed by atoms with van der Waals surface area (Å²) in [6.45, 7) is 3.36. The third-order valence-corrected chi connectivity index (χ3v) is 1.79. The van der Waals surface area contributed by atoms with Gasteiger partial charge in [0.2, 0.25) is 0 Å². The largest absolute Gasteiger partial charge is 0.480 e. The van der Waals surface area contributed by atoms with Gasteiger partial charge in [0.05, 0.1) is 0 Å². The second-order valence-electron chi connectivity index (χ2n) is 2.95. The Hall–Kier alpha value is -2.04. The fourth-order valence-electron chi connectivity index (χ4n) is 1.17. The Morgan fingerprint density at radius 2 is 2.33 bits per heavy atom. The van der Waals surface area contributed by atoms with Crippen molar-refractivity contribution in [2.45, 2.75) is 0 Å². The minimum Gasteiger partial charge on any atom is -0.480 e. The predicted octanol–water partition coefficient (Wildman–Crippen LogP) is 0.728. The Labute approximate surface area is 87.0 Å². The number of amides is 1. The van der Waals surface area contributed by atoms with Crippen LogP contribution in [0.2, 0.25) is 0 Å². The lowest BCUT2D eigenvalue weighted by molar-refractivity contribution is -0.137. The third-order valence-electron chi connectivity index (χ3n) is 1.79. The molecule has 0 saturated heterocycles. The summed E-state index contributed by atoms with van der Waals surface area (Å²) in [5.41, 5.74) is 0.373. The number of rotatable bonds is 5. The van der Waals surface area contributed by atoms with Crippen molar-refractivity contribution in [2.24, 2.45) is 0 Å². The Bertz CT molecular complexity index is 357. The van der Waals surface area contributed by atoms with Crippen LogP contribution >= 0.6 is 0 Å². The van der Waals surface area contributed by atoms with Gasteiger partial charge in [-0.2, -0.15) is 0 Å². The molecule has 0 aliphatic rings. The predicted molar refractivity (Wildman–Crippen MR) is 54.5 cm³/mol. The van der Waals surface area contributed by atoms with E-state index in [1.165, 1.54) is 11.0 Å². The third kappa shape index (κ3) is 2.98. The molecule has 0 saturated carbocycles. The molecule has 15 heavy (non-hydrogen) atoms. The zero-order chi connectivity index (χ0) is 11.3. The van der Waals surface area contributed by atoms with E-state index >= 15 is 0 Å². The van der Waals surface area contributed by atoms with Gasteiger partial charge in [-0.25, -0.2) is 0 Å². The van der Waals surface area contributed by atoms with Crippen molar-refractivity contribution in [3.63, 3.8) is 0 Å². The van der Waals surface area contributed by atoms with Gasteiger partial charge in [0.25, 0.3) is 5.91 Å². The molecule has 0 atom stereocenters. The Morgan fingerprint density at radius 3 is 2.80 bits per heavy atom. The first-order valence-electron chi connectivity index (χ1n) is 4.40. The van der Waals surface area contributed by atoms with E-state index in [9.17, 15) is 9.59 Å². The number of aromatic amines is 1. The van der Waals surface area contributed by atoms with Gasteiger partial charge in [-0.1, -0.05) is 6.08 Å². The molecule has 80 valence electrons. The zero-order valence-corrected chi connectivity index (χ0v) is 8.14. The molecular formula is C10H12N2O3. The Kier molecular flexibility index (Phi) is 3.68. The number of carbonyl (C=O) groups is 2. The van der Waals surface area contributed by atoms with E-state index in [4.69, 9.17) is 5.11 Å². The summed E-state index contributed by atoms with van der Waals surface area (Å²) in [7, 11) is 0. The molecule has 5 nitrogen and oxygen atoms in total. The summed E-state index contributed by atoms with van der Waals surface area (Å²) < 4.78 is 0. The number of hydrogen-bond acceptors (Lipinski definition) is 2. The summed E-state index contributed by atoms with van der Waals surface area (Å²) in [5.74, 6) is -1.39. The highest BCUT2D eigenvalue weighted by Crippen LogP contribution is 2.01. The maximum absolute atomic E-state index is 11.7. The van der Waals surface area contributed by atoms with Gasteiger partial charge in [-0.05, 0) is 12.1 Å². The minimum absolute atomic E-state index is 0.212. The van der Waals surface area contributed by atoms with Crippen LogP contribution in [0.1, 0.15) is 10.5 Å². The van der Waals surface area contributed by atoms with Crippen molar-refractivity contribution in [3.8, 4) is 0 Å². The molecule has 1 rings (SSSR count). The summed E-state index contributed by atoms with van der Waals surface area (Å²) in [5, 5.41) is 8.62. The number of aliphatic carboxylic acids is 1. The number of hydrogen-bond donors (Lipinski definition) is 2. The Balaban J connectivity index is 2.75. The van der Waals surface area contributed by atoms with Crippen LogP contribution in [0.25, 0.3) is 0 Å². The lowest BCUT2D eigenvalue weighted by Crippen LogP contribution is -2.35. The second kappa shape index (κ2) is 4.99. The molecule has 2 N–H and O–H groups in total. The summed E-state index contributed by atoms with van der Waals surface area (Å²) in [4.78, 5) is 26.2. The lowest BCUT2D eigenvalue weighted by Gasteiger charge is -2.17. The SMILES string of the molecule is C=CCN(CC(=O)O)C(=O)c1ccc[nH]1. The van der Waals surface area contributed by atoms with Crippen molar-refractivity contribution < 1.29 is 14.7 Å².